The van der Waals surface area contributed by atoms with Gasteiger partial charge in [0.05, 0.1) is 0 Å². The van der Waals surface area contributed by atoms with Crippen molar-refractivity contribution in [2.75, 3.05) is 4.90 Å². The van der Waals surface area contributed by atoms with Crippen LogP contribution < -0.4 is 4.90 Å². The third-order valence-electron chi connectivity index (χ3n) is 9.59. The SMILES string of the molecule is c1cc(-c2ccc(-c3ccc(N(c4ccc(-c5ccc(-c6ccsc6)cc5)cc4)c4ccc(-c5ccc(-c6ccsc6)cc5)cc4)cc3)cc2)cs1. The van der Waals surface area contributed by atoms with Crippen molar-refractivity contribution < 1.29 is 0 Å². The molecule has 0 saturated carbocycles. The van der Waals surface area contributed by atoms with Crippen LogP contribution in [0.25, 0.3) is 66.8 Å². The number of anilines is 3. The summed E-state index contributed by atoms with van der Waals surface area (Å²) in [5.74, 6) is 0. The molecular formula is C48H33NS3. The van der Waals surface area contributed by atoms with Crippen molar-refractivity contribution in [2.24, 2.45) is 0 Å². The van der Waals surface area contributed by atoms with E-state index in [1.807, 2.05) is 0 Å². The van der Waals surface area contributed by atoms with Crippen molar-refractivity contribution in [3.05, 3.63) is 196 Å². The molecule has 3 aromatic heterocycles. The lowest BCUT2D eigenvalue weighted by Gasteiger charge is -2.26. The minimum Gasteiger partial charge on any atom is -0.311 e. The third-order valence-corrected chi connectivity index (χ3v) is 11.6. The molecule has 0 saturated heterocycles. The molecule has 0 aliphatic carbocycles. The van der Waals surface area contributed by atoms with Gasteiger partial charge >= 0.3 is 0 Å². The molecule has 0 fully saturated rings. The lowest BCUT2D eigenvalue weighted by molar-refractivity contribution is 1.28. The van der Waals surface area contributed by atoms with E-state index in [0.717, 1.165) is 17.1 Å². The van der Waals surface area contributed by atoms with Gasteiger partial charge in [-0.1, -0.05) is 109 Å². The highest BCUT2D eigenvalue weighted by molar-refractivity contribution is 7.08. The molecule has 0 amide bonds. The normalized spacial score (nSPS) is 11.1. The van der Waals surface area contributed by atoms with Crippen molar-refractivity contribution in [1.82, 2.24) is 0 Å². The summed E-state index contributed by atoms with van der Waals surface area (Å²) in [4.78, 5) is 2.34. The third kappa shape index (κ3) is 6.68. The molecule has 9 aromatic rings. The van der Waals surface area contributed by atoms with Gasteiger partial charge in [-0.05, 0) is 154 Å². The molecule has 9 rings (SSSR count). The monoisotopic (exact) mass is 719 g/mol. The highest BCUT2D eigenvalue weighted by Gasteiger charge is 2.14. The molecule has 0 aliphatic heterocycles. The van der Waals surface area contributed by atoms with Crippen LogP contribution in [0.15, 0.2) is 196 Å². The Bertz CT molecular complexity index is 2190. The number of hydrogen-bond acceptors (Lipinski definition) is 4. The van der Waals surface area contributed by atoms with Gasteiger partial charge in [-0.25, -0.2) is 0 Å². The van der Waals surface area contributed by atoms with E-state index >= 15 is 0 Å². The molecule has 3 heterocycles. The number of thiophene rings is 3. The fourth-order valence-corrected chi connectivity index (χ4v) is 8.70. The fourth-order valence-electron chi connectivity index (χ4n) is 6.71. The highest BCUT2D eigenvalue weighted by atomic mass is 32.1. The lowest BCUT2D eigenvalue weighted by atomic mass is 10.00. The molecule has 0 radical (unpaired) electrons. The smallest absolute Gasteiger partial charge is 0.0462 e. The van der Waals surface area contributed by atoms with Gasteiger partial charge in [0.25, 0.3) is 0 Å². The summed E-state index contributed by atoms with van der Waals surface area (Å²) in [7, 11) is 0. The zero-order valence-electron chi connectivity index (χ0n) is 28.2. The van der Waals surface area contributed by atoms with Crippen molar-refractivity contribution in [3.8, 4) is 66.8 Å². The van der Waals surface area contributed by atoms with Gasteiger partial charge in [-0.3, -0.25) is 0 Å². The fraction of sp³-hybridized carbons (Fsp3) is 0. The second-order valence-corrected chi connectivity index (χ2v) is 15.1. The Morgan fingerprint density at radius 2 is 0.404 bits per heavy atom. The minimum absolute atomic E-state index is 1.11. The van der Waals surface area contributed by atoms with E-state index in [0.29, 0.717) is 0 Å². The van der Waals surface area contributed by atoms with E-state index in [9.17, 15) is 0 Å². The summed E-state index contributed by atoms with van der Waals surface area (Å²) in [6.07, 6.45) is 0. The highest BCUT2D eigenvalue weighted by Crippen LogP contribution is 2.38. The standard InChI is InChI=1S/C48H33NS3/c1-7-40(43-25-28-50-31-43)8-2-34(1)37-13-19-46(20-14-37)49(47-21-15-38(16-22-47)35-3-9-41(10-4-35)44-26-29-51-32-44)48-23-17-39(18-24-48)36-5-11-42(12-6-36)45-27-30-52-33-45/h1-33H. The zero-order chi connectivity index (χ0) is 34.7. The van der Waals surface area contributed by atoms with Crippen LogP contribution in [0.4, 0.5) is 17.1 Å². The quantitative estimate of drug-likeness (QED) is 0.144. The number of rotatable bonds is 9. The van der Waals surface area contributed by atoms with Crippen LogP contribution in [0.5, 0.6) is 0 Å². The Morgan fingerprint density at radius 3 is 0.596 bits per heavy atom. The van der Waals surface area contributed by atoms with Crippen LogP contribution in [0.2, 0.25) is 0 Å². The van der Waals surface area contributed by atoms with E-state index in [-0.39, 0.29) is 0 Å². The van der Waals surface area contributed by atoms with Gasteiger partial charge < -0.3 is 4.90 Å². The van der Waals surface area contributed by atoms with Gasteiger partial charge in [0.1, 0.15) is 0 Å². The van der Waals surface area contributed by atoms with E-state index in [1.165, 1.54) is 66.8 Å². The average molecular weight is 720 g/mol. The van der Waals surface area contributed by atoms with Crippen molar-refractivity contribution >= 4 is 51.1 Å². The Kier molecular flexibility index (Phi) is 8.94. The first-order chi connectivity index (χ1) is 25.7. The van der Waals surface area contributed by atoms with Crippen molar-refractivity contribution in [1.29, 1.82) is 0 Å². The molecule has 0 N–H and O–H groups in total. The van der Waals surface area contributed by atoms with Crippen LogP contribution >= 0.6 is 34.0 Å². The molecule has 0 atom stereocenters. The average Bonchev–Trinajstić information content (AvgIpc) is 4.05. The molecule has 6 aromatic carbocycles. The molecule has 248 valence electrons. The molecule has 52 heavy (non-hydrogen) atoms. The number of hydrogen-bond donors (Lipinski definition) is 0. The van der Waals surface area contributed by atoms with Crippen LogP contribution in [-0.2, 0) is 0 Å². The molecule has 0 unspecified atom stereocenters. The largest absolute Gasteiger partial charge is 0.311 e. The first kappa shape index (κ1) is 32.1. The molecular weight excluding hydrogens is 687 g/mol. The maximum Gasteiger partial charge on any atom is 0.0462 e. The van der Waals surface area contributed by atoms with Crippen LogP contribution in [0.3, 0.4) is 0 Å². The predicted octanol–water partition coefficient (Wildman–Crippen LogP) is 15.3. The number of nitrogens with zero attached hydrogens (tertiary/aromatic N) is 1. The Balaban J connectivity index is 1.02. The van der Waals surface area contributed by atoms with Gasteiger partial charge in [0.2, 0.25) is 0 Å². The first-order valence-electron chi connectivity index (χ1n) is 17.2. The van der Waals surface area contributed by atoms with E-state index < -0.39 is 0 Å². The zero-order valence-corrected chi connectivity index (χ0v) is 30.7. The van der Waals surface area contributed by atoms with Gasteiger partial charge in [-0.15, -0.1) is 0 Å². The van der Waals surface area contributed by atoms with Crippen molar-refractivity contribution in [2.45, 2.75) is 0 Å². The summed E-state index contributed by atoms with van der Waals surface area (Å²) < 4.78 is 0. The molecule has 4 heteroatoms. The van der Waals surface area contributed by atoms with Gasteiger partial charge in [-0.2, -0.15) is 34.0 Å². The second-order valence-electron chi connectivity index (χ2n) is 12.7. The van der Waals surface area contributed by atoms with E-state index in [1.54, 1.807) is 34.0 Å². The molecule has 0 spiro atoms. The van der Waals surface area contributed by atoms with Gasteiger partial charge in [0.15, 0.2) is 0 Å². The van der Waals surface area contributed by atoms with Crippen LogP contribution in [-0.4, -0.2) is 0 Å². The summed E-state index contributed by atoms with van der Waals surface area (Å²) >= 11 is 5.19. The summed E-state index contributed by atoms with van der Waals surface area (Å²) in [5.41, 5.74) is 18.1. The Hall–Kier alpha value is -5.78. The Morgan fingerprint density at radius 1 is 0.212 bits per heavy atom. The molecule has 1 nitrogen and oxygen atoms in total. The van der Waals surface area contributed by atoms with Crippen LogP contribution in [0, 0.1) is 0 Å². The maximum atomic E-state index is 2.34. The van der Waals surface area contributed by atoms with Crippen molar-refractivity contribution in [3.63, 3.8) is 0 Å². The Labute approximate surface area is 317 Å². The molecule has 0 bridgehead atoms. The van der Waals surface area contributed by atoms with E-state index in [2.05, 4.69) is 201 Å². The van der Waals surface area contributed by atoms with E-state index in [4.69, 9.17) is 0 Å². The summed E-state index contributed by atoms with van der Waals surface area (Å²) in [6, 6.07) is 59.9. The second kappa shape index (κ2) is 14.5. The van der Waals surface area contributed by atoms with Gasteiger partial charge in [0, 0.05) is 17.1 Å². The topological polar surface area (TPSA) is 3.24 Å². The number of benzene rings is 6. The summed E-state index contributed by atoms with van der Waals surface area (Å²) in [6.45, 7) is 0. The van der Waals surface area contributed by atoms with Crippen LogP contribution in [0.1, 0.15) is 0 Å². The predicted molar refractivity (Wildman–Crippen MR) is 227 cm³/mol. The summed E-state index contributed by atoms with van der Waals surface area (Å²) in [5, 5.41) is 13.0. The molecule has 0 aliphatic rings. The first-order valence-corrected chi connectivity index (χ1v) is 20.1. The maximum absolute atomic E-state index is 2.34. The minimum atomic E-state index is 1.11. The lowest BCUT2D eigenvalue weighted by Crippen LogP contribution is -2.09.